The number of para-hydroxylation sites is 1. The topological polar surface area (TPSA) is 220 Å². The van der Waals surface area contributed by atoms with Gasteiger partial charge in [-0.3, -0.25) is 24.5 Å². The number of fused-ring (bicyclic) bond motifs is 2. The van der Waals surface area contributed by atoms with E-state index in [9.17, 15) is 34.2 Å². The molecule has 0 radical (unpaired) electrons. The number of likely N-dealkylation sites (tertiary alicyclic amines) is 2. The molecular formula is C66H73N9O8S3. The number of carboxylic acid groups (broad SMARTS) is 1. The van der Waals surface area contributed by atoms with Crippen LogP contribution in [0.5, 0.6) is 5.75 Å². The Morgan fingerprint density at radius 1 is 0.860 bits per heavy atom. The first-order valence-corrected chi connectivity index (χ1v) is 32.3. The number of hydrogen-bond acceptors (Lipinski definition) is 15. The van der Waals surface area contributed by atoms with Crippen molar-refractivity contribution in [3.05, 3.63) is 141 Å². The zero-order valence-electron chi connectivity index (χ0n) is 49.0. The monoisotopic (exact) mass is 1220 g/mol. The SMILES string of the molecule is Cc1ncsc1-c1ccc(CNC(=O)[C@@H]2C[C@@H](O)CN2C(=O)[C@@H](NC(=O)C2CCN(C3CCC(C#Cc4ccc(OCCCc5sc(N6CCc7cccc(C(=O)Nc8nc9ccccc9s8)c7C6)nc5C(=O)O)cc4)CC3)CC2)C(C)(C)C)cc1. The molecule has 1 saturated carbocycles. The van der Waals surface area contributed by atoms with Crippen LogP contribution in [0.4, 0.5) is 10.3 Å². The number of carboxylic acids is 1. The molecule has 4 aromatic carbocycles. The number of aliphatic hydroxyl groups excluding tert-OH is 1. The number of benzene rings is 4. The number of hydrogen-bond donors (Lipinski definition) is 5. The van der Waals surface area contributed by atoms with Gasteiger partial charge in [0.25, 0.3) is 5.91 Å². The number of nitrogens with zero attached hydrogens (tertiary/aromatic N) is 6. The molecule has 2 saturated heterocycles. The van der Waals surface area contributed by atoms with Gasteiger partial charge in [0.05, 0.1) is 39.0 Å². The van der Waals surface area contributed by atoms with Crippen molar-refractivity contribution in [2.75, 3.05) is 43.0 Å². The van der Waals surface area contributed by atoms with Gasteiger partial charge in [-0.15, -0.1) is 22.7 Å². The highest BCUT2D eigenvalue weighted by Gasteiger charge is 2.45. The number of aryl methyl sites for hydroxylation is 2. The first-order valence-electron chi connectivity index (χ1n) is 29.8. The van der Waals surface area contributed by atoms with E-state index in [4.69, 9.17) is 4.74 Å². The fraction of sp³-hybridized carbons (Fsp3) is 0.424. The third kappa shape index (κ3) is 14.1. The molecule has 3 aliphatic heterocycles. The molecule has 11 rings (SSSR count). The Morgan fingerprint density at radius 3 is 2.35 bits per heavy atom. The molecule has 5 N–H and O–H groups in total. The first-order chi connectivity index (χ1) is 41.5. The van der Waals surface area contributed by atoms with Gasteiger partial charge in [0.15, 0.2) is 16.0 Å². The molecule has 86 heavy (non-hydrogen) atoms. The fourth-order valence-corrected chi connectivity index (χ4v) is 15.0. The van der Waals surface area contributed by atoms with Crippen LogP contribution in [0.1, 0.15) is 126 Å². The van der Waals surface area contributed by atoms with Crippen molar-refractivity contribution in [1.82, 2.24) is 35.4 Å². The third-order valence-electron chi connectivity index (χ3n) is 17.1. The van der Waals surface area contributed by atoms with Crippen molar-refractivity contribution < 1.29 is 38.9 Å². The lowest BCUT2D eigenvalue weighted by Gasteiger charge is -2.41. The maximum absolute atomic E-state index is 14.3. The van der Waals surface area contributed by atoms with Gasteiger partial charge in [0.2, 0.25) is 17.7 Å². The Hall–Kier alpha value is -7.54. The van der Waals surface area contributed by atoms with Crippen LogP contribution >= 0.6 is 34.0 Å². The molecule has 7 aromatic rings. The van der Waals surface area contributed by atoms with E-state index in [-0.39, 0.29) is 54.8 Å². The zero-order chi connectivity index (χ0) is 60.1. The van der Waals surface area contributed by atoms with E-state index in [1.54, 1.807) is 11.3 Å². The van der Waals surface area contributed by atoms with E-state index in [1.807, 2.05) is 124 Å². The number of β-amino-alcohol motifs (C(OH)–C–C–N with tert-alkyl or cyclic N) is 1. The highest BCUT2D eigenvalue weighted by atomic mass is 32.1. The maximum atomic E-state index is 14.3. The van der Waals surface area contributed by atoms with E-state index in [0.717, 1.165) is 87.4 Å². The van der Waals surface area contributed by atoms with Gasteiger partial charge in [-0.2, -0.15) is 0 Å². The standard InChI is InChI=1S/C66H73N9O8S3/c1-40-57(84-39-68-40)45-22-16-43(17-23-45)36-67-61(79)53-35-48(76)37-75(53)62(80)58(66(2,3)4)71-59(77)46-29-31-73(32-30-46)47-24-18-41(19-25-47)14-15-42-20-26-49(27-21-42)83-34-8-13-55-56(63(81)82)70-65(86-55)74-33-28-44-9-7-10-50(51(44)38-74)60(78)72-64-69-52-11-5-6-12-54(52)85-64/h5-7,9-12,16-17,20-23,26-27,39,41,46-48,53,58,76H,8,13,18-19,24-25,28-38H2,1-4H3,(H,67,79)(H,71,77)(H,81,82)(H,69,72,78)/t41?,47?,48-,53+,58-/m1/s1. The van der Waals surface area contributed by atoms with Crippen molar-refractivity contribution in [2.24, 2.45) is 17.3 Å². The summed E-state index contributed by atoms with van der Waals surface area (Å²) in [7, 11) is 0. The molecule has 17 nitrogen and oxygen atoms in total. The van der Waals surface area contributed by atoms with Crippen LogP contribution in [0.2, 0.25) is 0 Å². The third-order valence-corrected chi connectivity index (χ3v) is 20.2. The predicted molar refractivity (Wildman–Crippen MR) is 337 cm³/mol. The second-order valence-electron chi connectivity index (χ2n) is 24.1. The Kier molecular flexibility index (Phi) is 18.6. The number of aliphatic hydroxyl groups is 1. The minimum atomic E-state index is -1.07. The summed E-state index contributed by atoms with van der Waals surface area (Å²) in [6, 6.07) is 28.0. The highest BCUT2D eigenvalue weighted by Crippen LogP contribution is 2.36. The molecule has 3 atom stereocenters. The summed E-state index contributed by atoms with van der Waals surface area (Å²) in [4.78, 5) is 89.3. The van der Waals surface area contributed by atoms with Crippen LogP contribution < -0.4 is 25.6 Å². The van der Waals surface area contributed by atoms with Crippen molar-refractivity contribution in [2.45, 2.75) is 129 Å². The van der Waals surface area contributed by atoms with E-state index in [2.05, 4.69) is 52.5 Å². The molecule has 0 bridgehead atoms. The van der Waals surface area contributed by atoms with Crippen LogP contribution in [0.25, 0.3) is 20.7 Å². The normalized spacial score (nSPS) is 19.5. The quantitative estimate of drug-likeness (QED) is 0.0424. The molecule has 4 amide bonds. The van der Waals surface area contributed by atoms with Gasteiger partial charge in [0.1, 0.15) is 17.8 Å². The molecule has 4 aliphatic rings. The van der Waals surface area contributed by atoms with E-state index in [1.165, 1.54) is 27.6 Å². The second-order valence-corrected chi connectivity index (χ2v) is 27.0. The molecule has 3 aromatic heterocycles. The Balaban J connectivity index is 0.600. The Bertz CT molecular complexity index is 3630. The number of aromatic nitrogens is 3. The lowest BCUT2D eigenvalue weighted by Crippen LogP contribution is -2.59. The summed E-state index contributed by atoms with van der Waals surface area (Å²) >= 11 is 4.40. The molecule has 0 unspecified atom stereocenters. The van der Waals surface area contributed by atoms with Crippen molar-refractivity contribution in [1.29, 1.82) is 0 Å². The summed E-state index contributed by atoms with van der Waals surface area (Å²) < 4.78 is 7.09. The summed E-state index contributed by atoms with van der Waals surface area (Å²) in [5, 5.41) is 31.1. The number of anilines is 2. The van der Waals surface area contributed by atoms with Crippen molar-refractivity contribution >= 4 is 84.1 Å². The maximum Gasteiger partial charge on any atom is 0.355 e. The molecule has 3 fully saturated rings. The lowest BCUT2D eigenvalue weighted by atomic mass is 9.83. The zero-order valence-corrected chi connectivity index (χ0v) is 51.4. The average molecular weight is 1220 g/mol. The molecule has 1 aliphatic carbocycles. The molecular weight excluding hydrogens is 1140 g/mol. The van der Waals surface area contributed by atoms with Gasteiger partial charge in [-0.1, -0.05) is 92.5 Å². The van der Waals surface area contributed by atoms with Gasteiger partial charge in [-0.05, 0) is 148 Å². The average Bonchev–Trinajstić information content (AvgIpc) is 3.83. The van der Waals surface area contributed by atoms with Crippen LogP contribution in [0.15, 0.2) is 96.5 Å². The molecule has 6 heterocycles. The smallest absolute Gasteiger partial charge is 0.355 e. The van der Waals surface area contributed by atoms with E-state index < -0.39 is 29.6 Å². The van der Waals surface area contributed by atoms with Crippen LogP contribution in [-0.4, -0.2) is 122 Å². The van der Waals surface area contributed by atoms with E-state index in [0.29, 0.717) is 90.2 Å². The Morgan fingerprint density at radius 2 is 1.63 bits per heavy atom. The van der Waals surface area contributed by atoms with Gasteiger partial charge < -0.3 is 40.3 Å². The minimum absolute atomic E-state index is 0.0243. The van der Waals surface area contributed by atoms with E-state index >= 15 is 0 Å². The second kappa shape index (κ2) is 26.6. The molecule has 0 spiro atoms. The van der Waals surface area contributed by atoms with Crippen molar-refractivity contribution in [3.8, 4) is 28.0 Å². The Labute approximate surface area is 513 Å². The number of ether oxygens (including phenoxy) is 1. The summed E-state index contributed by atoms with van der Waals surface area (Å²) in [6.07, 6.45) is 6.55. The summed E-state index contributed by atoms with van der Waals surface area (Å²) in [6.45, 7) is 11.1. The van der Waals surface area contributed by atoms with Crippen molar-refractivity contribution in [3.63, 3.8) is 0 Å². The number of thiazole rings is 3. The van der Waals surface area contributed by atoms with Gasteiger partial charge in [0, 0.05) is 66.5 Å². The highest BCUT2D eigenvalue weighted by molar-refractivity contribution is 7.22. The number of amides is 4. The number of carbonyl (C=O) groups excluding carboxylic acids is 4. The number of nitrogens with one attached hydrogen (secondary N) is 3. The van der Waals surface area contributed by atoms with Gasteiger partial charge >= 0.3 is 5.97 Å². The largest absolute Gasteiger partial charge is 0.494 e. The fourth-order valence-electron chi connectivity index (χ4n) is 12.3. The predicted octanol–water partition coefficient (Wildman–Crippen LogP) is 10.1. The summed E-state index contributed by atoms with van der Waals surface area (Å²) in [5.41, 5.74) is 8.48. The molecule has 20 heteroatoms. The number of rotatable bonds is 17. The minimum Gasteiger partial charge on any atom is -0.494 e. The number of carbonyl (C=O) groups is 5. The number of aromatic carboxylic acids is 1. The van der Waals surface area contributed by atoms with Gasteiger partial charge in [-0.25, -0.2) is 19.7 Å². The lowest BCUT2D eigenvalue weighted by molar-refractivity contribution is -0.144. The van der Waals surface area contributed by atoms with Crippen LogP contribution in [0, 0.1) is 36.0 Å². The number of piperidine rings is 1. The first kappa shape index (κ1) is 60.2. The molecule has 448 valence electrons. The van der Waals surface area contributed by atoms with Crippen LogP contribution in [0.3, 0.4) is 0 Å². The summed E-state index contributed by atoms with van der Waals surface area (Å²) in [5.74, 6) is 5.56. The van der Waals surface area contributed by atoms with Crippen LogP contribution in [-0.2, 0) is 40.3 Å².